The summed E-state index contributed by atoms with van der Waals surface area (Å²) in [6.07, 6.45) is 8.38. The first kappa shape index (κ1) is 19.5. The van der Waals surface area contributed by atoms with Crippen molar-refractivity contribution in [3.05, 3.63) is 14.3 Å². The minimum absolute atomic E-state index is 1.28. The molecule has 116 valence electrons. The molecule has 1 heterocycles. The molecular formula is C16H28Br2SSn. The van der Waals surface area contributed by atoms with Gasteiger partial charge in [-0.2, -0.15) is 0 Å². The number of halogens is 2. The van der Waals surface area contributed by atoms with Crippen molar-refractivity contribution in [1.29, 1.82) is 0 Å². The minimum atomic E-state index is -2.16. The Morgan fingerprint density at radius 2 is 1.35 bits per heavy atom. The van der Waals surface area contributed by atoms with Gasteiger partial charge in [0, 0.05) is 0 Å². The molecule has 1 rings (SSSR count). The molecule has 0 radical (unpaired) electrons. The Hall–Kier alpha value is 1.46. The van der Waals surface area contributed by atoms with Crippen molar-refractivity contribution in [2.75, 3.05) is 0 Å². The first-order valence-electron chi connectivity index (χ1n) is 8.05. The van der Waals surface area contributed by atoms with E-state index in [0.717, 1.165) is 0 Å². The fourth-order valence-electron chi connectivity index (χ4n) is 2.90. The summed E-state index contributed by atoms with van der Waals surface area (Å²) in [7, 11) is 0. The van der Waals surface area contributed by atoms with E-state index in [-0.39, 0.29) is 0 Å². The second kappa shape index (κ2) is 10.3. The fraction of sp³-hybridized carbons (Fsp3) is 0.750. The van der Waals surface area contributed by atoms with Gasteiger partial charge in [-0.25, -0.2) is 0 Å². The molecule has 1 aromatic rings. The first-order valence-corrected chi connectivity index (χ1v) is 17.9. The van der Waals surface area contributed by atoms with Crippen LogP contribution in [0.4, 0.5) is 0 Å². The van der Waals surface area contributed by atoms with Crippen LogP contribution in [-0.2, 0) is 0 Å². The van der Waals surface area contributed by atoms with Crippen molar-refractivity contribution in [3.63, 3.8) is 0 Å². The third-order valence-corrected chi connectivity index (χ3v) is 25.7. The van der Waals surface area contributed by atoms with Crippen LogP contribution in [0.25, 0.3) is 0 Å². The zero-order valence-corrected chi connectivity index (χ0v) is 19.9. The van der Waals surface area contributed by atoms with E-state index < -0.39 is 18.4 Å². The molecule has 0 atom stereocenters. The first-order chi connectivity index (χ1) is 9.59. The van der Waals surface area contributed by atoms with Gasteiger partial charge in [-0.05, 0) is 0 Å². The van der Waals surface area contributed by atoms with Gasteiger partial charge >= 0.3 is 151 Å². The summed E-state index contributed by atoms with van der Waals surface area (Å²) in [5.41, 5.74) is 0. The molecule has 0 aliphatic heterocycles. The van der Waals surface area contributed by atoms with Crippen LogP contribution in [-0.4, -0.2) is 18.4 Å². The summed E-state index contributed by atoms with van der Waals surface area (Å²) in [4.78, 5) is 0. The van der Waals surface area contributed by atoms with Crippen molar-refractivity contribution < 1.29 is 0 Å². The molecule has 0 N–H and O–H groups in total. The molecule has 4 heteroatoms. The summed E-state index contributed by atoms with van der Waals surface area (Å²) in [6, 6.07) is 2.46. The zero-order valence-electron chi connectivity index (χ0n) is 13.1. The number of hydrogen-bond acceptors (Lipinski definition) is 1. The molecule has 0 amide bonds. The maximum absolute atomic E-state index is 3.72. The third-order valence-electron chi connectivity index (χ3n) is 4.19. The number of thiophene rings is 1. The average molecular weight is 531 g/mol. The summed E-state index contributed by atoms with van der Waals surface area (Å²) < 4.78 is 9.06. The molecule has 0 unspecified atom stereocenters. The van der Waals surface area contributed by atoms with Crippen molar-refractivity contribution >= 4 is 64.5 Å². The molecular weight excluding hydrogens is 503 g/mol. The van der Waals surface area contributed by atoms with Crippen LogP contribution in [0.15, 0.2) is 14.3 Å². The van der Waals surface area contributed by atoms with Crippen LogP contribution in [0.2, 0.25) is 13.3 Å². The number of unbranched alkanes of at least 4 members (excludes halogenated alkanes) is 3. The van der Waals surface area contributed by atoms with E-state index in [4.69, 9.17) is 0 Å². The Morgan fingerprint density at radius 3 is 1.65 bits per heavy atom. The molecule has 0 aliphatic rings. The van der Waals surface area contributed by atoms with Crippen LogP contribution in [0.3, 0.4) is 0 Å². The Balaban J connectivity index is 3.04. The molecule has 0 aromatic carbocycles. The molecule has 0 spiro atoms. The Labute approximate surface area is 150 Å². The van der Waals surface area contributed by atoms with E-state index >= 15 is 0 Å². The topological polar surface area (TPSA) is 0 Å². The predicted molar refractivity (Wildman–Crippen MR) is 104 cm³/mol. The van der Waals surface area contributed by atoms with Gasteiger partial charge in [-0.1, -0.05) is 0 Å². The summed E-state index contributed by atoms with van der Waals surface area (Å²) in [5, 5.41) is 0. The molecule has 0 saturated carbocycles. The van der Waals surface area contributed by atoms with Gasteiger partial charge in [-0.3, -0.25) is 0 Å². The van der Waals surface area contributed by atoms with Crippen LogP contribution < -0.4 is 2.89 Å². The fourth-order valence-corrected chi connectivity index (χ4v) is 25.9. The van der Waals surface area contributed by atoms with E-state index in [1.807, 2.05) is 11.3 Å². The van der Waals surface area contributed by atoms with Gasteiger partial charge in [0.2, 0.25) is 0 Å². The van der Waals surface area contributed by atoms with E-state index in [1.54, 1.807) is 16.2 Å². The van der Waals surface area contributed by atoms with Gasteiger partial charge in [0.1, 0.15) is 0 Å². The summed E-state index contributed by atoms with van der Waals surface area (Å²) in [6.45, 7) is 7.03. The van der Waals surface area contributed by atoms with E-state index in [9.17, 15) is 0 Å². The second-order valence-electron chi connectivity index (χ2n) is 5.82. The summed E-state index contributed by atoms with van der Waals surface area (Å²) >= 11 is 7.30. The van der Waals surface area contributed by atoms with E-state index in [2.05, 4.69) is 58.7 Å². The van der Waals surface area contributed by atoms with E-state index in [0.29, 0.717) is 0 Å². The van der Waals surface area contributed by atoms with Gasteiger partial charge < -0.3 is 0 Å². The zero-order chi connectivity index (χ0) is 15.0. The van der Waals surface area contributed by atoms with Crippen LogP contribution in [0.1, 0.15) is 59.3 Å². The molecule has 1 aromatic heterocycles. The molecule has 0 saturated heterocycles. The standard InChI is InChI=1S/C4HBr2S.3C4H9.Sn/c5-3-1-2-7-4(3)6;3*1-3-4-2;/h1H;3*1,3-4H2,2H3;. The normalized spacial score (nSPS) is 12.1. The van der Waals surface area contributed by atoms with Gasteiger partial charge in [0.05, 0.1) is 0 Å². The number of rotatable bonds is 10. The van der Waals surface area contributed by atoms with Crippen LogP contribution in [0, 0.1) is 0 Å². The van der Waals surface area contributed by atoms with Crippen molar-refractivity contribution in [3.8, 4) is 0 Å². The Kier molecular flexibility index (Phi) is 10.0. The maximum atomic E-state index is 3.72. The number of hydrogen-bond donors (Lipinski definition) is 0. The van der Waals surface area contributed by atoms with Crippen molar-refractivity contribution in [2.45, 2.75) is 72.6 Å². The predicted octanol–water partition coefficient (Wildman–Crippen LogP) is 7.33. The molecule has 20 heavy (non-hydrogen) atoms. The SMILES string of the molecule is CCC[CH2][Sn]([CH2]CCC)([CH2]CCC)[c]1cc(Br)c(Br)s1. The van der Waals surface area contributed by atoms with Crippen LogP contribution >= 0.6 is 43.2 Å². The second-order valence-corrected chi connectivity index (χ2v) is 23.2. The van der Waals surface area contributed by atoms with Crippen LogP contribution in [0.5, 0.6) is 0 Å². The Bertz CT molecular complexity index is 349. The molecule has 0 bridgehead atoms. The third kappa shape index (κ3) is 5.58. The molecule has 0 nitrogen and oxygen atoms in total. The van der Waals surface area contributed by atoms with Gasteiger partial charge in [-0.15, -0.1) is 0 Å². The molecule has 0 aliphatic carbocycles. The van der Waals surface area contributed by atoms with Gasteiger partial charge in [0.15, 0.2) is 0 Å². The monoisotopic (exact) mass is 530 g/mol. The molecule has 0 fully saturated rings. The van der Waals surface area contributed by atoms with Gasteiger partial charge in [0.25, 0.3) is 0 Å². The van der Waals surface area contributed by atoms with Crippen molar-refractivity contribution in [2.24, 2.45) is 0 Å². The Morgan fingerprint density at radius 1 is 0.900 bits per heavy atom. The van der Waals surface area contributed by atoms with Crippen molar-refractivity contribution in [1.82, 2.24) is 0 Å². The quantitative estimate of drug-likeness (QED) is 0.278. The summed E-state index contributed by atoms with van der Waals surface area (Å²) in [5.74, 6) is 0. The average Bonchev–Trinajstić information content (AvgIpc) is 2.79. The van der Waals surface area contributed by atoms with E-state index in [1.165, 1.54) is 46.8 Å².